The van der Waals surface area contributed by atoms with Crippen molar-refractivity contribution in [3.8, 4) is 5.75 Å². The molecule has 1 aliphatic rings. The molecule has 2 nitrogen and oxygen atoms in total. The molecule has 0 spiro atoms. The maximum Gasteiger partial charge on any atom is 0.176 e. The summed E-state index contributed by atoms with van der Waals surface area (Å²) in [5, 5.41) is 0. The Morgan fingerprint density at radius 3 is 2.89 bits per heavy atom. The minimum atomic E-state index is -0.472. The highest BCUT2D eigenvalue weighted by molar-refractivity contribution is 6.02. The maximum atomic E-state index is 13.8. The molecule has 1 atom stereocenters. The highest BCUT2D eigenvalue weighted by Crippen LogP contribution is 2.35. The van der Waals surface area contributed by atoms with E-state index in [2.05, 4.69) is 0 Å². The van der Waals surface area contributed by atoms with Crippen molar-refractivity contribution in [3.63, 3.8) is 0 Å². The normalized spacial score (nSPS) is 16.8. The van der Waals surface area contributed by atoms with Crippen LogP contribution in [0.25, 0.3) is 0 Å². The van der Waals surface area contributed by atoms with Crippen molar-refractivity contribution in [1.82, 2.24) is 0 Å². The first-order valence-corrected chi connectivity index (χ1v) is 6.19. The second-order valence-electron chi connectivity index (χ2n) is 4.75. The minimum absolute atomic E-state index is 0.144. The average molecular weight is 256 g/mol. The number of rotatable bonds is 2. The predicted molar refractivity (Wildman–Crippen MR) is 70.1 cm³/mol. The van der Waals surface area contributed by atoms with Gasteiger partial charge in [-0.25, -0.2) is 4.39 Å². The summed E-state index contributed by atoms with van der Waals surface area (Å²) in [5.74, 6) is -0.382. The lowest BCUT2D eigenvalue weighted by Crippen LogP contribution is -2.16. The molecule has 0 N–H and O–H groups in total. The molecule has 2 aromatic carbocycles. The van der Waals surface area contributed by atoms with Gasteiger partial charge in [0.15, 0.2) is 5.78 Å². The molecule has 3 heteroatoms. The van der Waals surface area contributed by atoms with Crippen molar-refractivity contribution >= 4 is 5.78 Å². The number of fused-ring (bicyclic) bond motifs is 1. The standard InChI is InChI=1S/C16H13FO2/c1-10-6-7-14(17)12(8-10)16(18)13-9-19-15-5-3-2-4-11(13)15/h2-8,13H,9H2,1H3. The van der Waals surface area contributed by atoms with Crippen LogP contribution in [0.1, 0.15) is 27.4 Å². The summed E-state index contributed by atoms with van der Waals surface area (Å²) in [6, 6.07) is 12.0. The SMILES string of the molecule is Cc1ccc(F)c(C(=O)C2COc3ccccc32)c1. The minimum Gasteiger partial charge on any atom is -0.492 e. The summed E-state index contributed by atoms with van der Waals surface area (Å²) < 4.78 is 19.3. The van der Waals surface area contributed by atoms with E-state index in [1.807, 2.05) is 31.2 Å². The van der Waals surface area contributed by atoms with E-state index in [1.165, 1.54) is 6.07 Å². The van der Waals surface area contributed by atoms with Gasteiger partial charge in [0, 0.05) is 5.56 Å². The Kier molecular flexibility index (Phi) is 2.82. The summed E-state index contributed by atoms with van der Waals surface area (Å²) >= 11 is 0. The third-order valence-electron chi connectivity index (χ3n) is 3.40. The van der Waals surface area contributed by atoms with Gasteiger partial charge in [0.25, 0.3) is 0 Å². The predicted octanol–water partition coefficient (Wildman–Crippen LogP) is 3.49. The number of para-hydroxylation sites is 1. The molecule has 2 aromatic rings. The lowest BCUT2D eigenvalue weighted by atomic mass is 9.91. The third kappa shape index (κ3) is 2.01. The number of benzene rings is 2. The van der Waals surface area contributed by atoms with Gasteiger partial charge >= 0.3 is 0 Å². The van der Waals surface area contributed by atoms with Crippen LogP contribution < -0.4 is 4.74 Å². The second-order valence-corrected chi connectivity index (χ2v) is 4.75. The largest absolute Gasteiger partial charge is 0.492 e. The topological polar surface area (TPSA) is 26.3 Å². The lowest BCUT2D eigenvalue weighted by Gasteiger charge is -2.09. The van der Waals surface area contributed by atoms with Crippen LogP contribution in [0, 0.1) is 12.7 Å². The Morgan fingerprint density at radius 2 is 2.05 bits per heavy atom. The van der Waals surface area contributed by atoms with Crippen molar-refractivity contribution in [2.45, 2.75) is 12.8 Å². The number of Topliss-reactive ketones (excluding diaryl/α,β-unsaturated/α-hetero) is 1. The fraction of sp³-hybridized carbons (Fsp3) is 0.188. The van der Waals surface area contributed by atoms with E-state index in [4.69, 9.17) is 4.74 Å². The van der Waals surface area contributed by atoms with Crippen LogP contribution in [0.2, 0.25) is 0 Å². The molecule has 1 unspecified atom stereocenters. The van der Waals surface area contributed by atoms with Crippen molar-refractivity contribution in [3.05, 3.63) is 65.0 Å². The molecule has 0 aliphatic carbocycles. The second kappa shape index (κ2) is 4.50. The summed E-state index contributed by atoms with van der Waals surface area (Å²) in [7, 11) is 0. The van der Waals surface area contributed by atoms with Crippen molar-refractivity contribution in [2.24, 2.45) is 0 Å². The van der Waals surface area contributed by atoms with Crippen LogP contribution in [0.5, 0.6) is 5.75 Å². The highest BCUT2D eigenvalue weighted by atomic mass is 19.1. The molecule has 96 valence electrons. The average Bonchev–Trinajstić information content (AvgIpc) is 2.84. The number of carbonyl (C=O) groups is 1. The van der Waals surface area contributed by atoms with Gasteiger partial charge in [-0.2, -0.15) is 0 Å². The number of carbonyl (C=O) groups excluding carboxylic acids is 1. The molecule has 1 aliphatic heterocycles. The van der Waals surface area contributed by atoms with Gasteiger partial charge < -0.3 is 4.74 Å². The van der Waals surface area contributed by atoms with E-state index >= 15 is 0 Å². The number of ketones is 1. The van der Waals surface area contributed by atoms with Gasteiger partial charge in [-0.1, -0.05) is 29.8 Å². The first-order valence-electron chi connectivity index (χ1n) is 6.19. The fourth-order valence-corrected chi connectivity index (χ4v) is 2.40. The molecule has 1 heterocycles. The zero-order valence-corrected chi connectivity index (χ0v) is 10.5. The molecular formula is C16H13FO2. The summed E-state index contributed by atoms with van der Waals surface area (Å²) in [6.07, 6.45) is 0. The van der Waals surface area contributed by atoms with Gasteiger partial charge in [0.2, 0.25) is 0 Å². The van der Waals surface area contributed by atoms with E-state index in [-0.39, 0.29) is 18.0 Å². The van der Waals surface area contributed by atoms with E-state index in [9.17, 15) is 9.18 Å². The van der Waals surface area contributed by atoms with Gasteiger partial charge in [0.1, 0.15) is 18.2 Å². The summed E-state index contributed by atoms with van der Waals surface area (Å²) in [4.78, 5) is 12.5. The van der Waals surface area contributed by atoms with E-state index in [0.29, 0.717) is 5.75 Å². The molecule has 0 radical (unpaired) electrons. The number of hydrogen-bond donors (Lipinski definition) is 0. The molecular weight excluding hydrogens is 243 g/mol. The number of aryl methyl sites for hydroxylation is 1. The first-order chi connectivity index (χ1) is 9.16. The van der Waals surface area contributed by atoms with Crippen LogP contribution in [0.4, 0.5) is 4.39 Å². The Morgan fingerprint density at radius 1 is 1.26 bits per heavy atom. The van der Waals surface area contributed by atoms with Crippen LogP contribution in [-0.4, -0.2) is 12.4 Å². The first kappa shape index (κ1) is 11.9. The van der Waals surface area contributed by atoms with Gasteiger partial charge in [-0.05, 0) is 25.1 Å². The van der Waals surface area contributed by atoms with Crippen LogP contribution in [-0.2, 0) is 0 Å². The molecule has 0 aromatic heterocycles. The van der Waals surface area contributed by atoms with Gasteiger partial charge in [0.05, 0.1) is 11.5 Å². The number of ether oxygens (including phenoxy) is 1. The zero-order chi connectivity index (χ0) is 13.4. The van der Waals surface area contributed by atoms with Crippen molar-refractivity contribution < 1.29 is 13.9 Å². The molecule has 0 amide bonds. The molecule has 0 saturated heterocycles. The quantitative estimate of drug-likeness (QED) is 0.769. The number of halogens is 1. The molecule has 0 bridgehead atoms. The van der Waals surface area contributed by atoms with Crippen LogP contribution in [0.15, 0.2) is 42.5 Å². The highest BCUT2D eigenvalue weighted by Gasteiger charge is 2.31. The van der Waals surface area contributed by atoms with Gasteiger partial charge in [-0.15, -0.1) is 0 Å². The third-order valence-corrected chi connectivity index (χ3v) is 3.40. The molecule has 3 rings (SSSR count). The molecule has 0 saturated carbocycles. The maximum absolute atomic E-state index is 13.8. The van der Waals surface area contributed by atoms with Gasteiger partial charge in [-0.3, -0.25) is 4.79 Å². The van der Waals surface area contributed by atoms with E-state index in [1.54, 1.807) is 12.1 Å². The van der Waals surface area contributed by atoms with Crippen molar-refractivity contribution in [1.29, 1.82) is 0 Å². The smallest absolute Gasteiger partial charge is 0.176 e. The molecule has 0 fully saturated rings. The monoisotopic (exact) mass is 256 g/mol. The lowest BCUT2D eigenvalue weighted by molar-refractivity contribution is 0.0943. The summed E-state index contributed by atoms with van der Waals surface area (Å²) in [6.45, 7) is 2.13. The van der Waals surface area contributed by atoms with E-state index < -0.39 is 11.7 Å². The Bertz CT molecular complexity index is 649. The van der Waals surface area contributed by atoms with E-state index in [0.717, 1.165) is 11.1 Å². The Labute approximate surface area is 110 Å². The van der Waals surface area contributed by atoms with Crippen molar-refractivity contribution in [2.75, 3.05) is 6.61 Å². The van der Waals surface area contributed by atoms with Crippen LogP contribution in [0.3, 0.4) is 0 Å². The summed E-state index contributed by atoms with van der Waals surface area (Å²) in [5.41, 5.74) is 1.86. The Balaban J connectivity index is 2.00. The fourth-order valence-electron chi connectivity index (χ4n) is 2.40. The number of hydrogen-bond acceptors (Lipinski definition) is 2. The molecule has 19 heavy (non-hydrogen) atoms. The van der Waals surface area contributed by atoms with Crippen LogP contribution >= 0.6 is 0 Å². The Hall–Kier alpha value is -2.16. The zero-order valence-electron chi connectivity index (χ0n) is 10.5.